The van der Waals surface area contributed by atoms with Gasteiger partial charge in [-0.15, -0.1) is 0 Å². The number of nitrogens with one attached hydrogen (secondary N) is 2. The van der Waals surface area contributed by atoms with Gasteiger partial charge in [-0.2, -0.15) is 4.73 Å². The maximum atomic E-state index is 11.6. The Hall–Kier alpha value is -1.89. The van der Waals surface area contributed by atoms with Gasteiger partial charge in [0.1, 0.15) is 0 Å². The van der Waals surface area contributed by atoms with E-state index in [-0.39, 0.29) is 5.69 Å². The van der Waals surface area contributed by atoms with Crippen molar-refractivity contribution in [2.45, 2.75) is 0 Å². The molecular formula is C9H12N4O2S. The van der Waals surface area contributed by atoms with Crippen LogP contribution < -0.4 is 15.5 Å². The van der Waals surface area contributed by atoms with Gasteiger partial charge in [-0.3, -0.25) is 15.2 Å². The lowest BCUT2D eigenvalue weighted by atomic mass is 10.3. The van der Waals surface area contributed by atoms with Gasteiger partial charge in [0.15, 0.2) is 11.3 Å². The highest BCUT2D eigenvalue weighted by Gasteiger charge is 2.16. The van der Waals surface area contributed by atoms with Crippen molar-refractivity contribution in [3.63, 3.8) is 0 Å². The number of hydrogen-bond donors (Lipinski definition) is 2. The van der Waals surface area contributed by atoms with E-state index in [9.17, 15) is 10.0 Å². The number of nitrogens with zero attached hydrogens (tertiary/aromatic N) is 2. The number of thiocarbonyl (C=S) groups is 1. The van der Waals surface area contributed by atoms with Crippen molar-refractivity contribution in [3.8, 4) is 0 Å². The van der Waals surface area contributed by atoms with Crippen molar-refractivity contribution in [3.05, 3.63) is 35.3 Å². The molecule has 2 N–H and O–H groups in total. The Morgan fingerprint density at radius 2 is 2.25 bits per heavy atom. The first kappa shape index (κ1) is 12.2. The van der Waals surface area contributed by atoms with E-state index in [4.69, 9.17) is 12.2 Å². The summed E-state index contributed by atoms with van der Waals surface area (Å²) in [6, 6.07) is 4.59. The number of rotatable bonds is 1. The highest BCUT2D eigenvalue weighted by Crippen LogP contribution is 1.91. The highest BCUT2D eigenvalue weighted by molar-refractivity contribution is 7.80. The van der Waals surface area contributed by atoms with Crippen molar-refractivity contribution in [1.29, 1.82) is 0 Å². The van der Waals surface area contributed by atoms with Crippen LogP contribution in [0, 0.1) is 5.21 Å². The maximum absolute atomic E-state index is 11.6. The van der Waals surface area contributed by atoms with Crippen LogP contribution in [0.1, 0.15) is 10.5 Å². The largest absolute Gasteiger partial charge is 0.618 e. The molecule has 1 aromatic rings. The monoisotopic (exact) mass is 240 g/mol. The third-order valence-electron chi connectivity index (χ3n) is 1.84. The molecule has 0 spiro atoms. The molecule has 0 saturated carbocycles. The fraction of sp³-hybridized carbons (Fsp3) is 0.222. The maximum Gasteiger partial charge on any atom is 0.335 e. The molecule has 1 amide bonds. The molecule has 0 fully saturated rings. The normalized spacial score (nSPS) is 9.38. The minimum atomic E-state index is -0.518. The van der Waals surface area contributed by atoms with Crippen LogP contribution in [-0.4, -0.2) is 30.1 Å². The molecule has 0 aliphatic carbocycles. The summed E-state index contributed by atoms with van der Waals surface area (Å²) in [5.41, 5.74) is 2.47. The number of carbonyl (C=O) groups is 1. The molecule has 86 valence electrons. The molecule has 0 aliphatic rings. The molecule has 16 heavy (non-hydrogen) atoms. The van der Waals surface area contributed by atoms with Crippen molar-refractivity contribution in [1.82, 2.24) is 15.8 Å². The van der Waals surface area contributed by atoms with Gasteiger partial charge < -0.3 is 10.5 Å². The molecule has 0 radical (unpaired) electrons. The second-order valence-electron chi connectivity index (χ2n) is 2.97. The van der Waals surface area contributed by atoms with Crippen LogP contribution in [0.4, 0.5) is 0 Å². The molecule has 7 heteroatoms. The van der Waals surface area contributed by atoms with Gasteiger partial charge in [-0.25, -0.2) is 0 Å². The molecule has 1 rings (SSSR count). The van der Waals surface area contributed by atoms with Crippen LogP contribution in [0.3, 0.4) is 0 Å². The Morgan fingerprint density at radius 1 is 1.56 bits per heavy atom. The van der Waals surface area contributed by atoms with Crippen molar-refractivity contribution in [2.24, 2.45) is 0 Å². The van der Waals surface area contributed by atoms with Crippen LogP contribution in [0.25, 0.3) is 0 Å². The highest BCUT2D eigenvalue weighted by atomic mass is 32.1. The summed E-state index contributed by atoms with van der Waals surface area (Å²) in [4.78, 5) is 11.6. The van der Waals surface area contributed by atoms with Crippen molar-refractivity contribution >= 4 is 23.2 Å². The van der Waals surface area contributed by atoms with E-state index in [2.05, 4.69) is 10.7 Å². The number of hydrogen-bond acceptors (Lipinski definition) is 3. The predicted molar refractivity (Wildman–Crippen MR) is 62.3 cm³/mol. The zero-order valence-electron chi connectivity index (χ0n) is 8.93. The number of carbonyl (C=O) groups excluding carboxylic acids is 1. The summed E-state index contributed by atoms with van der Waals surface area (Å²) in [5.74, 6) is -0.518. The van der Waals surface area contributed by atoms with E-state index < -0.39 is 5.91 Å². The molecule has 6 nitrogen and oxygen atoms in total. The zero-order chi connectivity index (χ0) is 12.1. The van der Waals surface area contributed by atoms with Gasteiger partial charge in [-0.05, 0) is 18.3 Å². The lowest BCUT2D eigenvalue weighted by molar-refractivity contribution is -0.607. The van der Waals surface area contributed by atoms with Crippen molar-refractivity contribution in [2.75, 3.05) is 14.1 Å². The zero-order valence-corrected chi connectivity index (χ0v) is 9.75. The van der Waals surface area contributed by atoms with E-state index in [1.165, 1.54) is 17.3 Å². The summed E-state index contributed by atoms with van der Waals surface area (Å²) in [7, 11) is 3.22. The number of hydrazine groups is 1. The van der Waals surface area contributed by atoms with Gasteiger partial charge in [0, 0.05) is 26.2 Å². The molecule has 0 saturated heterocycles. The third kappa shape index (κ3) is 2.80. The summed E-state index contributed by atoms with van der Waals surface area (Å²) in [5, 5.41) is 15.6. The number of aromatic nitrogens is 1. The number of pyridine rings is 1. The first-order valence-electron chi connectivity index (χ1n) is 4.51. The second kappa shape index (κ2) is 5.26. The molecule has 1 aromatic heterocycles. The quantitative estimate of drug-likeness (QED) is 0.297. The minimum absolute atomic E-state index is 0.00764. The fourth-order valence-electron chi connectivity index (χ4n) is 1.03. The molecule has 0 aliphatic heterocycles. The topological polar surface area (TPSA) is 71.3 Å². The number of amides is 1. The first-order valence-corrected chi connectivity index (χ1v) is 4.91. The van der Waals surface area contributed by atoms with Gasteiger partial charge in [-0.1, -0.05) is 0 Å². The predicted octanol–water partition coefficient (Wildman–Crippen LogP) is -0.599. The van der Waals surface area contributed by atoms with E-state index in [0.717, 1.165) is 0 Å². The Morgan fingerprint density at radius 3 is 2.81 bits per heavy atom. The minimum Gasteiger partial charge on any atom is -0.618 e. The van der Waals surface area contributed by atoms with Gasteiger partial charge in [0.2, 0.25) is 0 Å². The van der Waals surface area contributed by atoms with Gasteiger partial charge in [0.25, 0.3) is 5.69 Å². The summed E-state index contributed by atoms with van der Waals surface area (Å²) < 4.78 is 0.492. The molecule has 1 heterocycles. The van der Waals surface area contributed by atoms with Gasteiger partial charge in [0.05, 0.1) is 0 Å². The van der Waals surface area contributed by atoms with Crippen LogP contribution in [0.2, 0.25) is 0 Å². The smallest absolute Gasteiger partial charge is 0.335 e. The Balaban J connectivity index is 2.73. The summed E-state index contributed by atoms with van der Waals surface area (Å²) in [6.07, 6.45) is 1.26. The SMILES string of the molecule is CNC(=S)N(C)NC(=O)c1cccc[n+]1[O-]. The lowest BCUT2D eigenvalue weighted by Crippen LogP contribution is -2.50. The molecule has 0 atom stereocenters. The first-order chi connectivity index (χ1) is 7.56. The van der Waals surface area contributed by atoms with Crippen LogP contribution in [-0.2, 0) is 0 Å². The Kier molecular flexibility index (Phi) is 4.01. The summed E-state index contributed by atoms with van der Waals surface area (Å²) in [6.45, 7) is 0. The Labute approximate surface area is 98.4 Å². The van der Waals surface area contributed by atoms with Crippen molar-refractivity contribution < 1.29 is 9.52 Å². The Bertz CT molecular complexity index is 410. The molecule has 0 bridgehead atoms. The standard InChI is InChI=1S/C9H12N4O2S/c1-10-9(16)12(2)11-8(14)7-5-3-4-6-13(7)15/h3-6H,1-2H3,(H,10,16)(H,11,14). The van der Waals surface area contributed by atoms with E-state index in [0.29, 0.717) is 9.84 Å². The average Bonchev–Trinajstić information content (AvgIpc) is 2.28. The van der Waals surface area contributed by atoms with Crippen LogP contribution in [0.5, 0.6) is 0 Å². The lowest BCUT2D eigenvalue weighted by Gasteiger charge is -2.19. The third-order valence-corrected chi connectivity index (χ3v) is 2.32. The fourth-order valence-corrected chi connectivity index (χ4v) is 1.08. The van der Waals surface area contributed by atoms with E-state index in [1.54, 1.807) is 26.2 Å². The second-order valence-corrected chi connectivity index (χ2v) is 3.35. The molecular weight excluding hydrogens is 228 g/mol. The summed E-state index contributed by atoms with van der Waals surface area (Å²) >= 11 is 4.89. The molecule has 0 unspecified atom stereocenters. The molecule has 0 aromatic carbocycles. The van der Waals surface area contributed by atoms with Gasteiger partial charge >= 0.3 is 5.91 Å². The van der Waals surface area contributed by atoms with Crippen LogP contribution in [0.15, 0.2) is 24.4 Å². The van der Waals surface area contributed by atoms with E-state index >= 15 is 0 Å². The average molecular weight is 240 g/mol. The van der Waals surface area contributed by atoms with E-state index in [1.807, 2.05) is 0 Å². The van der Waals surface area contributed by atoms with Crippen LogP contribution >= 0.6 is 12.2 Å².